The quantitative estimate of drug-likeness (QED) is 0.768. The molecule has 1 aliphatic carbocycles. The smallest absolute Gasteiger partial charge is 0.0638 e. The summed E-state index contributed by atoms with van der Waals surface area (Å²) in [5, 5.41) is 7.88. The number of aryl methyl sites for hydroxylation is 2. The van der Waals surface area contributed by atoms with Crippen LogP contribution in [0, 0.1) is 12.8 Å². The molecule has 0 unspecified atom stereocenters. The highest BCUT2D eigenvalue weighted by atomic mass is 15.2. The summed E-state index contributed by atoms with van der Waals surface area (Å²) in [6.07, 6.45) is 10.7. The molecule has 0 bridgehead atoms. The Morgan fingerprint density at radius 1 is 1.41 bits per heavy atom. The lowest BCUT2D eigenvalue weighted by molar-refractivity contribution is 0.470. The number of hydrogen-bond acceptors (Lipinski definition) is 2. The molecule has 3 nitrogen and oxygen atoms in total. The van der Waals surface area contributed by atoms with E-state index in [0.717, 1.165) is 24.7 Å². The van der Waals surface area contributed by atoms with Crippen molar-refractivity contribution >= 4 is 0 Å². The number of nitrogens with zero attached hydrogens (tertiary/aromatic N) is 2. The van der Waals surface area contributed by atoms with E-state index >= 15 is 0 Å². The van der Waals surface area contributed by atoms with E-state index in [4.69, 9.17) is 0 Å². The zero-order valence-corrected chi connectivity index (χ0v) is 11.2. The maximum atomic E-state index is 4.35. The highest BCUT2D eigenvalue weighted by molar-refractivity contribution is 5.14. The van der Waals surface area contributed by atoms with Gasteiger partial charge in [0.2, 0.25) is 0 Å². The first-order valence-corrected chi connectivity index (χ1v) is 6.95. The Morgan fingerprint density at radius 2 is 2.18 bits per heavy atom. The highest BCUT2D eigenvalue weighted by Gasteiger charge is 2.13. The predicted octanol–water partition coefficient (Wildman–Crippen LogP) is 2.79. The summed E-state index contributed by atoms with van der Waals surface area (Å²) in [4.78, 5) is 0. The van der Waals surface area contributed by atoms with E-state index in [1.54, 1.807) is 0 Å². The second kappa shape index (κ2) is 6.20. The summed E-state index contributed by atoms with van der Waals surface area (Å²) in [7, 11) is 1.98. The van der Waals surface area contributed by atoms with Gasteiger partial charge in [0, 0.05) is 25.4 Å². The summed E-state index contributed by atoms with van der Waals surface area (Å²) in [6.45, 7) is 4.19. The van der Waals surface area contributed by atoms with Crippen molar-refractivity contribution in [1.82, 2.24) is 15.1 Å². The van der Waals surface area contributed by atoms with Crippen LogP contribution >= 0.6 is 0 Å². The van der Waals surface area contributed by atoms with E-state index < -0.39 is 0 Å². The monoisotopic (exact) mass is 235 g/mol. The largest absolute Gasteiger partial charge is 0.313 e. The maximum Gasteiger partial charge on any atom is 0.0638 e. The van der Waals surface area contributed by atoms with E-state index in [9.17, 15) is 0 Å². The van der Waals surface area contributed by atoms with Gasteiger partial charge in [0.1, 0.15) is 0 Å². The Labute approximate surface area is 105 Å². The first kappa shape index (κ1) is 12.6. The molecule has 17 heavy (non-hydrogen) atoms. The average molecular weight is 235 g/mol. The lowest BCUT2D eigenvalue weighted by Gasteiger charge is -2.08. The van der Waals surface area contributed by atoms with Crippen molar-refractivity contribution in [3.8, 4) is 0 Å². The van der Waals surface area contributed by atoms with Crippen molar-refractivity contribution in [3.63, 3.8) is 0 Å². The van der Waals surface area contributed by atoms with Gasteiger partial charge >= 0.3 is 0 Å². The number of nitrogens with one attached hydrogen (secondary N) is 1. The van der Waals surface area contributed by atoms with Crippen LogP contribution in [0.4, 0.5) is 0 Å². The molecule has 0 atom stereocenters. The molecular formula is C14H25N3. The van der Waals surface area contributed by atoms with Crippen LogP contribution in [-0.4, -0.2) is 16.3 Å². The van der Waals surface area contributed by atoms with Crippen molar-refractivity contribution in [2.75, 3.05) is 6.54 Å². The van der Waals surface area contributed by atoms with Crippen molar-refractivity contribution in [1.29, 1.82) is 0 Å². The molecule has 1 saturated carbocycles. The number of rotatable bonds is 6. The summed E-state index contributed by atoms with van der Waals surface area (Å²) in [5.74, 6) is 1.02. The molecule has 1 aromatic heterocycles. The van der Waals surface area contributed by atoms with E-state index in [2.05, 4.69) is 23.5 Å². The minimum atomic E-state index is 0.963. The molecule has 1 heterocycles. The summed E-state index contributed by atoms with van der Waals surface area (Å²) >= 11 is 0. The van der Waals surface area contributed by atoms with Crippen LogP contribution in [0.1, 0.15) is 49.8 Å². The molecule has 0 aromatic carbocycles. The Kier molecular flexibility index (Phi) is 4.60. The van der Waals surface area contributed by atoms with Crippen LogP contribution in [0.3, 0.4) is 0 Å². The summed E-state index contributed by atoms with van der Waals surface area (Å²) in [6, 6.07) is 0. The third-order valence-corrected chi connectivity index (χ3v) is 3.87. The van der Waals surface area contributed by atoms with E-state index in [1.807, 2.05) is 11.7 Å². The molecule has 0 aliphatic heterocycles. The van der Waals surface area contributed by atoms with Gasteiger partial charge in [-0.2, -0.15) is 5.10 Å². The molecule has 1 aliphatic rings. The third-order valence-electron chi connectivity index (χ3n) is 3.87. The van der Waals surface area contributed by atoms with Gasteiger partial charge in [0.25, 0.3) is 0 Å². The van der Waals surface area contributed by atoms with Crippen molar-refractivity contribution in [2.45, 2.75) is 52.0 Å². The van der Waals surface area contributed by atoms with Gasteiger partial charge < -0.3 is 5.32 Å². The number of aromatic nitrogens is 2. The topological polar surface area (TPSA) is 29.9 Å². The summed E-state index contributed by atoms with van der Waals surface area (Å²) < 4.78 is 1.89. The first-order valence-electron chi connectivity index (χ1n) is 6.95. The Bertz CT molecular complexity index is 337. The van der Waals surface area contributed by atoms with Crippen LogP contribution in [0.2, 0.25) is 0 Å². The van der Waals surface area contributed by atoms with Gasteiger partial charge in [-0.15, -0.1) is 0 Å². The molecule has 96 valence electrons. The minimum absolute atomic E-state index is 0.963. The molecule has 2 rings (SSSR count). The zero-order chi connectivity index (χ0) is 12.1. The van der Waals surface area contributed by atoms with Crippen LogP contribution in [0.15, 0.2) is 6.20 Å². The van der Waals surface area contributed by atoms with Crippen molar-refractivity contribution in [3.05, 3.63) is 17.5 Å². The van der Waals surface area contributed by atoms with Crippen molar-refractivity contribution in [2.24, 2.45) is 13.0 Å². The van der Waals surface area contributed by atoms with Crippen molar-refractivity contribution < 1.29 is 0 Å². The van der Waals surface area contributed by atoms with Crippen LogP contribution < -0.4 is 5.32 Å². The van der Waals surface area contributed by atoms with Gasteiger partial charge in [0.15, 0.2) is 0 Å². The Morgan fingerprint density at radius 3 is 2.82 bits per heavy atom. The average Bonchev–Trinajstić information content (AvgIpc) is 2.89. The molecule has 0 spiro atoms. The predicted molar refractivity (Wildman–Crippen MR) is 70.8 cm³/mol. The van der Waals surface area contributed by atoms with Crippen LogP contribution in [-0.2, 0) is 13.6 Å². The molecule has 1 fully saturated rings. The SMILES string of the molecule is Cc1nn(C)cc1CNCCCC1CCCC1. The van der Waals surface area contributed by atoms with Crippen LogP contribution in [0.5, 0.6) is 0 Å². The Balaban J connectivity index is 1.58. The molecule has 3 heteroatoms. The standard InChI is InChI=1S/C14H25N3/c1-12-14(11-17(2)16-12)10-15-9-5-8-13-6-3-4-7-13/h11,13,15H,3-10H2,1-2H3. The van der Waals surface area contributed by atoms with E-state index in [-0.39, 0.29) is 0 Å². The van der Waals surface area contributed by atoms with Gasteiger partial charge in [-0.25, -0.2) is 0 Å². The lowest BCUT2D eigenvalue weighted by atomic mass is 10.0. The highest BCUT2D eigenvalue weighted by Crippen LogP contribution is 2.28. The fraction of sp³-hybridized carbons (Fsp3) is 0.786. The summed E-state index contributed by atoms with van der Waals surface area (Å²) in [5.41, 5.74) is 2.48. The first-order chi connectivity index (χ1) is 8.25. The molecule has 1 N–H and O–H groups in total. The van der Waals surface area contributed by atoms with Gasteiger partial charge in [0.05, 0.1) is 5.69 Å². The van der Waals surface area contributed by atoms with Gasteiger partial charge in [-0.1, -0.05) is 25.7 Å². The van der Waals surface area contributed by atoms with E-state index in [1.165, 1.54) is 44.1 Å². The van der Waals surface area contributed by atoms with Gasteiger partial charge in [-0.3, -0.25) is 4.68 Å². The lowest BCUT2D eigenvalue weighted by Crippen LogP contribution is -2.15. The molecule has 0 radical (unpaired) electrons. The third kappa shape index (κ3) is 3.84. The number of hydrogen-bond donors (Lipinski definition) is 1. The fourth-order valence-electron chi connectivity index (χ4n) is 2.86. The Hall–Kier alpha value is -0.830. The van der Waals surface area contributed by atoms with Gasteiger partial charge in [-0.05, 0) is 32.2 Å². The minimum Gasteiger partial charge on any atom is -0.313 e. The van der Waals surface area contributed by atoms with Crippen LogP contribution in [0.25, 0.3) is 0 Å². The zero-order valence-electron chi connectivity index (χ0n) is 11.2. The second-order valence-corrected chi connectivity index (χ2v) is 5.38. The molecule has 1 aromatic rings. The van der Waals surface area contributed by atoms with E-state index in [0.29, 0.717) is 0 Å². The molecular weight excluding hydrogens is 210 g/mol. The second-order valence-electron chi connectivity index (χ2n) is 5.38. The molecule has 0 saturated heterocycles. The maximum absolute atomic E-state index is 4.35. The molecule has 0 amide bonds. The normalized spacial score (nSPS) is 16.8. The fourth-order valence-corrected chi connectivity index (χ4v) is 2.86.